The van der Waals surface area contributed by atoms with Gasteiger partial charge >= 0.3 is 16.2 Å². The molecule has 1 rings (SSSR count). The quantitative estimate of drug-likeness (QED) is 0.822. The summed E-state index contributed by atoms with van der Waals surface area (Å²) in [5, 5.41) is 8.96. The molecule has 0 aromatic heterocycles. The topological polar surface area (TPSA) is 86.7 Å². The number of carbonyl (C=O) groups is 1. The summed E-state index contributed by atoms with van der Waals surface area (Å²) >= 11 is 3.10. The molecular formula is C11H15BrN2O4S. The van der Waals surface area contributed by atoms with Gasteiger partial charge in [-0.15, -0.1) is 0 Å². The Morgan fingerprint density at radius 1 is 1.47 bits per heavy atom. The van der Waals surface area contributed by atoms with Gasteiger partial charge in [-0.2, -0.15) is 12.7 Å². The Kier molecular flexibility index (Phi) is 5.33. The molecular weight excluding hydrogens is 336 g/mol. The van der Waals surface area contributed by atoms with Gasteiger partial charge in [0.2, 0.25) is 0 Å². The summed E-state index contributed by atoms with van der Waals surface area (Å²) in [5.74, 6) is -1.13. The van der Waals surface area contributed by atoms with Crippen molar-refractivity contribution in [1.82, 2.24) is 4.31 Å². The number of hydrogen-bond acceptors (Lipinski definition) is 3. The normalized spacial score (nSPS) is 11.6. The van der Waals surface area contributed by atoms with Gasteiger partial charge in [0, 0.05) is 18.1 Å². The summed E-state index contributed by atoms with van der Waals surface area (Å²) < 4.78 is 27.7. The van der Waals surface area contributed by atoms with Crippen molar-refractivity contribution in [1.29, 1.82) is 0 Å². The summed E-state index contributed by atoms with van der Waals surface area (Å²) in [7, 11) is -2.19. The van der Waals surface area contributed by atoms with Gasteiger partial charge in [0.25, 0.3) is 0 Å². The Bertz CT molecular complexity index is 574. The van der Waals surface area contributed by atoms with Gasteiger partial charge in [0.1, 0.15) is 0 Å². The number of halogens is 1. The Hall–Kier alpha value is -1.12. The lowest BCUT2D eigenvalue weighted by Crippen LogP contribution is -2.33. The van der Waals surface area contributed by atoms with Crippen molar-refractivity contribution >= 4 is 37.8 Å². The number of nitrogens with zero attached hydrogens (tertiary/aromatic N) is 1. The van der Waals surface area contributed by atoms with E-state index < -0.39 is 16.2 Å². The van der Waals surface area contributed by atoms with E-state index >= 15 is 0 Å². The minimum atomic E-state index is -3.66. The number of carboxylic acid groups (broad SMARTS) is 1. The van der Waals surface area contributed by atoms with E-state index in [-0.39, 0.29) is 11.3 Å². The first-order valence-corrected chi connectivity index (χ1v) is 7.78. The Morgan fingerprint density at radius 2 is 2.11 bits per heavy atom. The highest BCUT2D eigenvalue weighted by Gasteiger charge is 2.18. The molecule has 106 valence electrons. The third kappa shape index (κ3) is 4.19. The maximum absolute atomic E-state index is 11.9. The minimum Gasteiger partial charge on any atom is -0.478 e. The van der Waals surface area contributed by atoms with E-state index in [4.69, 9.17) is 5.11 Å². The lowest BCUT2D eigenvalue weighted by atomic mass is 10.2. The molecule has 0 aliphatic heterocycles. The number of nitrogens with one attached hydrogen (secondary N) is 1. The van der Waals surface area contributed by atoms with Crippen molar-refractivity contribution in [2.45, 2.75) is 13.3 Å². The number of carboxylic acids is 1. The average molecular weight is 351 g/mol. The molecule has 0 bridgehead atoms. The second-order valence-corrected chi connectivity index (χ2v) is 6.56. The van der Waals surface area contributed by atoms with Crippen molar-refractivity contribution in [3.63, 3.8) is 0 Å². The van der Waals surface area contributed by atoms with Gasteiger partial charge in [-0.05, 0) is 40.5 Å². The highest BCUT2D eigenvalue weighted by Crippen LogP contribution is 2.22. The Morgan fingerprint density at radius 3 is 2.63 bits per heavy atom. The molecule has 0 unspecified atom stereocenters. The maximum atomic E-state index is 11.9. The van der Waals surface area contributed by atoms with Crippen LogP contribution in [0.3, 0.4) is 0 Å². The van der Waals surface area contributed by atoms with Crippen molar-refractivity contribution in [2.75, 3.05) is 18.3 Å². The summed E-state index contributed by atoms with van der Waals surface area (Å²) in [4.78, 5) is 11.0. The molecule has 0 radical (unpaired) electrons. The van der Waals surface area contributed by atoms with E-state index in [1.165, 1.54) is 29.6 Å². The van der Waals surface area contributed by atoms with Crippen LogP contribution in [0.15, 0.2) is 22.7 Å². The lowest BCUT2D eigenvalue weighted by Gasteiger charge is -2.17. The fourth-order valence-electron chi connectivity index (χ4n) is 1.41. The first kappa shape index (κ1) is 15.9. The number of anilines is 1. The predicted molar refractivity (Wildman–Crippen MR) is 76.6 cm³/mol. The SMILES string of the molecule is CCCN(C)S(=O)(=O)Nc1ccc(Br)c(C(=O)O)c1. The lowest BCUT2D eigenvalue weighted by molar-refractivity contribution is 0.0696. The van der Waals surface area contributed by atoms with E-state index in [1.54, 1.807) is 0 Å². The highest BCUT2D eigenvalue weighted by atomic mass is 79.9. The van der Waals surface area contributed by atoms with Crippen molar-refractivity contribution < 1.29 is 18.3 Å². The van der Waals surface area contributed by atoms with Crippen LogP contribution in [0.1, 0.15) is 23.7 Å². The van der Waals surface area contributed by atoms with Crippen LogP contribution in [0, 0.1) is 0 Å². The first-order chi connectivity index (χ1) is 8.77. The number of rotatable bonds is 6. The molecule has 0 aliphatic rings. The van der Waals surface area contributed by atoms with Crippen LogP contribution < -0.4 is 4.72 Å². The van der Waals surface area contributed by atoms with Crippen LogP contribution in [0.2, 0.25) is 0 Å². The van der Waals surface area contributed by atoms with Gasteiger partial charge in [-0.3, -0.25) is 4.72 Å². The molecule has 0 amide bonds. The number of hydrogen-bond donors (Lipinski definition) is 2. The smallest absolute Gasteiger partial charge is 0.336 e. The Balaban J connectivity index is 3.00. The second kappa shape index (κ2) is 6.36. The molecule has 19 heavy (non-hydrogen) atoms. The molecule has 0 spiro atoms. The highest BCUT2D eigenvalue weighted by molar-refractivity contribution is 9.10. The third-order valence-corrected chi connectivity index (χ3v) is 4.58. The van der Waals surface area contributed by atoms with E-state index in [0.717, 1.165) is 0 Å². The molecule has 2 N–H and O–H groups in total. The molecule has 0 saturated heterocycles. The fourth-order valence-corrected chi connectivity index (χ4v) is 2.83. The molecule has 0 aliphatic carbocycles. The molecule has 1 aromatic carbocycles. The predicted octanol–water partition coefficient (Wildman–Crippen LogP) is 2.15. The van der Waals surface area contributed by atoms with Crippen LogP contribution in [0.25, 0.3) is 0 Å². The van der Waals surface area contributed by atoms with Crippen molar-refractivity contribution in [3.8, 4) is 0 Å². The van der Waals surface area contributed by atoms with Gasteiger partial charge < -0.3 is 5.11 Å². The fraction of sp³-hybridized carbons (Fsp3) is 0.364. The van der Waals surface area contributed by atoms with Gasteiger partial charge in [-0.1, -0.05) is 6.92 Å². The van der Waals surface area contributed by atoms with Crippen LogP contribution in [-0.4, -0.2) is 37.4 Å². The first-order valence-electron chi connectivity index (χ1n) is 5.55. The number of benzene rings is 1. The number of aromatic carboxylic acids is 1. The van der Waals surface area contributed by atoms with E-state index in [9.17, 15) is 13.2 Å². The molecule has 0 fully saturated rings. The van der Waals surface area contributed by atoms with Crippen LogP contribution in [-0.2, 0) is 10.2 Å². The summed E-state index contributed by atoms with van der Waals surface area (Å²) in [5.41, 5.74) is 0.210. The zero-order valence-electron chi connectivity index (χ0n) is 10.6. The minimum absolute atomic E-state index is 0.00153. The molecule has 0 atom stereocenters. The van der Waals surface area contributed by atoms with E-state index in [0.29, 0.717) is 17.4 Å². The zero-order chi connectivity index (χ0) is 14.6. The molecule has 6 nitrogen and oxygen atoms in total. The molecule has 0 saturated carbocycles. The summed E-state index contributed by atoms with van der Waals surface area (Å²) in [6, 6.07) is 4.25. The maximum Gasteiger partial charge on any atom is 0.336 e. The van der Waals surface area contributed by atoms with Crippen LogP contribution in [0.5, 0.6) is 0 Å². The third-order valence-electron chi connectivity index (χ3n) is 2.39. The Labute approximate surface area is 120 Å². The van der Waals surface area contributed by atoms with Crippen molar-refractivity contribution in [3.05, 3.63) is 28.2 Å². The monoisotopic (exact) mass is 350 g/mol. The second-order valence-electron chi connectivity index (χ2n) is 3.93. The average Bonchev–Trinajstić information content (AvgIpc) is 2.31. The summed E-state index contributed by atoms with van der Waals surface area (Å²) in [6.07, 6.45) is 0.693. The van der Waals surface area contributed by atoms with Gasteiger partial charge in [0.05, 0.1) is 11.3 Å². The molecule has 8 heteroatoms. The van der Waals surface area contributed by atoms with E-state index in [2.05, 4.69) is 20.7 Å². The van der Waals surface area contributed by atoms with Gasteiger partial charge in [0.15, 0.2) is 0 Å². The van der Waals surface area contributed by atoms with Crippen LogP contribution in [0.4, 0.5) is 5.69 Å². The standard InChI is InChI=1S/C11H15BrN2O4S/c1-3-6-14(2)19(17,18)13-8-4-5-10(12)9(7-8)11(15)16/h4-5,7,13H,3,6H2,1-2H3,(H,15,16). The largest absolute Gasteiger partial charge is 0.478 e. The van der Waals surface area contributed by atoms with Crippen LogP contribution >= 0.6 is 15.9 Å². The van der Waals surface area contributed by atoms with E-state index in [1.807, 2.05) is 6.92 Å². The van der Waals surface area contributed by atoms with Gasteiger partial charge in [-0.25, -0.2) is 4.79 Å². The van der Waals surface area contributed by atoms with Crippen molar-refractivity contribution in [2.24, 2.45) is 0 Å². The molecule has 1 aromatic rings. The zero-order valence-corrected chi connectivity index (χ0v) is 13.0. The molecule has 0 heterocycles. The summed E-state index contributed by atoms with van der Waals surface area (Å²) in [6.45, 7) is 2.26.